The first-order valence-electron chi connectivity index (χ1n) is 5.89. The van der Waals surface area contributed by atoms with Gasteiger partial charge in [-0.25, -0.2) is 8.42 Å². The average Bonchev–Trinajstić information content (AvgIpc) is 2.65. The van der Waals surface area contributed by atoms with Crippen molar-refractivity contribution in [3.8, 4) is 0 Å². The molecule has 0 aliphatic carbocycles. The maximum Gasteiger partial charge on any atom is 0.175 e. The monoisotopic (exact) mass is 253 g/mol. The van der Waals surface area contributed by atoms with Crippen molar-refractivity contribution >= 4 is 9.84 Å². The first-order valence-corrected chi connectivity index (χ1v) is 7.78. The zero-order valence-corrected chi connectivity index (χ0v) is 11.4. The van der Waals surface area contributed by atoms with Gasteiger partial charge in [0, 0.05) is 11.8 Å². The average molecular weight is 253 g/mol. The Bertz CT molecular complexity index is 528. The smallest absolute Gasteiger partial charge is 0.175 e. The van der Waals surface area contributed by atoms with Gasteiger partial charge < -0.3 is 5.32 Å². The molecule has 2 rings (SSSR count). The molecule has 1 aromatic rings. The van der Waals surface area contributed by atoms with Crippen molar-refractivity contribution < 1.29 is 8.42 Å². The molecule has 1 aliphatic rings. The third-order valence-corrected chi connectivity index (χ3v) is 4.83. The molecule has 0 radical (unpaired) electrons. The van der Waals surface area contributed by atoms with Crippen LogP contribution in [-0.2, 0) is 15.4 Å². The quantitative estimate of drug-likeness (QED) is 0.877. The van der Waals surface area contributed by atoms with Gasteiger partial charge in [0.2, 0.25) is 0 Å². The number of hydrogen-bond acceptors (Lipinski definition) is 3. The third-order valence-electron chi connectivity index (χ3n) is 3.59. The molecular formula is C13H19NO2S. The van der Waals surface area contributed by atoms with E-state index in [9.17, 15) is 8.42 Å². The van der Waals surface area contributed by atoms with E-state index in [1.807, 2.05) is 25.1 Å². The van der Waals surface area contributed by atoms with Gasteiger partial charge in [-0.3, -0.25) is 0 Å². The minimum absolute atomic E-state index is 0.0763. The SMILES string of the molecule is Cc1ccc(C2(C)CCCN2)cc1S(C)(=O)=O. The fraction of sp³-hybridized carbons (Fsp3) is 0.538. The van der Waals surface area contributed by atoms with Crippen LogP contribution >= 0.6 is 0 Å². The molecule has 3 nitrogen and oxygen atoms in total. The van der Waals surface area contributed by atoms with Crippen LogP contribution in [0.25, 0.3) is 0 Å². The first kappa shape index (κ1) is 12.6. The van der Waals surface area contributed by atoms with Crippen LogP contribution < -0.4 is 5.32 Å². The minimum atomic E-state index is -3.14. The molecule has 1 atom stereocenters. The summed E-state index contributed by atoms with van der Waals surface area (Å²) in [5.41, 5.74) is 1.81. The van der Waals surface area contributed by atoms with Crippen molar-refractivity contribution in [1.29, 1.82) is 0 Å². The Morgan fingerprint density at radius 3 is 2.59 bits per heavy atom. The van der Waals surface area contributed by atoms with Crippen LogP contribution in [0.2, 0.25) is 0 Å². The molecule has 1 unspecified atom stereocenters. The van der Waals surface area contributed by atoms with Gasteiger partial charge in [-0.15, -0.1) is 0 Å². The van der Waals surface area contributed by atoms with E-state index in [0.717, 1.165) is 30.5 Å². The largest absolute Gasteiger partial charge is 0.308 e. The van der Waals surface area contributed by atoms with E-state index < -0.39 is 9.84 Å². The fourth-order valence-corrected chi connectivity index (χ4v) is 3.48. The van der Waals surface area contributed by atoms with Crippen molar-refractivity contribution in [3.05, 3.63) is 29.3 Å². The second-order valence-electron chi connectivity index (χ2n) is 5.11. The predicted octanol–water partition coefficient (Wildman–Crippen LogP) is 2.00. The molecule has 94 valence electrons. The molecule has 0 bridgehead atoms. The van der Waals surface area contributed by atoms with E-state index in [4.69, 9.17) is 0 Å². The number of sulfone groups is 1. The zero-order valence-electron chi connectivity index (χ0n) is 10.6. The highest BCUT2D eigenvalue weighted by molar-refractivity contribution is 7.90. The molecule has 0 spiro atoms. The Balaban J connectivity index is 2.52. The Morgan fingerprint density at radius 2 is 2.06 bits per heavy atom. The summed E-state index contributed by atoms with van der Waals surface area (Å²) >= 11 is 0. The molecule has 1 aliphatic heterocycles. The maximum atomic E-state index is 11.7. The van der Waals surface area contributed by atoms with Crippen molar-refractivity contribution in [2.45, 2.75) is 37.1 Å². The van der Waals surface area contributed by atoms with Crippen LogP contribution in [0, 0.1) is 6.92 Å². The Kier molecular flexibility index (Phi) is 3.04. The molecule has 0 amide bonds. The standard InChI is InChI=1S/C13H19NO2S/c1-10-5-6-11(9-12(10)17(3,15)16)13(2)7-4-8-14-13/h5-6,9,14H,4,7-8H2,1-3H3. The van der Waals surface area contributed by atoms with Gasteiger partial charge in [0.1, 0.15) is 0 Å². The highest BCUT2D eigenvalue weighted by Crippen LogP contribution is 2.32. The number of rotatable bonds is 2. The molecule has 4 heteroatoms. The van der Waals surface area contributed by atoms with Gasteiger partial charge in [0.25, 0.3) is 0 Å². The van der Waals surface area contributed by atoms with E-state index >= 15 is 0 Å². The molecule has 1 aromatic carbocycles. The second-order valence-corrected chi connectivity index (χ2v) is 7.10. The van der Waals surface area contributed by atoms with Gasteiger partial charge in [-0.1, -0.05) is 12.1 Å². The topological polar surface area (TPSA) is 46.2 Å². The lowest BCUT2D eigenvalue weighted by atomic mass is 9.90. The lowest BCUT2D eigenvalue weighted by Gasteiger charge is -2.25. The van der Waals surface area contributed by atoms with E-state index in [-0.39, 0.29) is 5.54 Å². The summed E-state index contributed by atoms with van der Waals surface area (Å²) < 4.78 is 23.4. The van der Waals surface area contributed by atoms with Crippen molar-refractivity contribution in [2.75, 3.05) is 12.8 Å². The Labute approximate surface area is 103 Å². The Morgan fingerprint density at radius 1 is 1.35 bits per heavy atom. The minimum Gasteiger partial charge on any atom is -0.308 e. The van der Waals surface area contributed by atoms with Crippen LogP contribution in [0.15, 0.2) is 23.1 Å². The highest BCUT2D eigenvalue weighted by Gasteiger charge is 2.30. The van der Waals surface area contributed by atoms with Gasteiger partial charge in [0.15, 0.2) is 9.84 Å². The third kappa shape index (κ3) is 2.38. The summed E-state index contributed by atoms with van der Waals surface area (Å²) in [4.78, 5) is 0.449. The lowest BCUT2D eigenvalue weighted by Crippen LogP contribution is -2.33. The summed E-state index contributed by atoms with van der Waals surface area (Å²) in [5, 5.41) is 3.45. The van der Waals surface area contributed by atoms with Gasteiger partial charge in [-0.05, 0) is 50.4 Å². The molecule has 17 heavy (non-hydrogen) atoms. The number of aryl methyl sites for hydroxylation is 1. The van der Waals surface area contributed by atoms with Crippen LogP contribution in [0.1, 0.15) is 30.9 Å². The summed E-state index contributed by atoms with van der Waals surface area (Å²) in [7, 11) is -3.14. The van der Waals surface area contributed by atoms with Crippen LogP contribution in [-0.4, -0.2) is 21.2 Å². The molecule has 1 heterocycles. The predicted molar refractivity (Wildman–Crippen MR) is 68.9 cm³/mol. The van der Waals surface area contributed by atoms with Crippen LogP contribution in [0.5, 0.6) is 0 Å². The van der Waals surface area contributed by atoms with Crippen LogP contribution in [0.3, 0.4) is 0 Å². The van der Waals surface area contributed by atoms with Gasteiger partial charge in [-0.2, -0.15) is 0 Å². The summed E-state index contributed by atoms with van der Waals surface area (Å²) in [6.45, 7) is 4.97. The van der Waals surface area contributed by atoms with Crippen molar-refractivity contribution in [3.63, 3.8) is 0 Å². The molecule has 0 saturated carbocycles. The van der Waals surface area contributed by atoms with Crippen molar-refractivity contribution in [2.24, 2.45) is 0 Å². The summed E-state index contributed by atoms with van der Waals surface area (Å²) in [6, 6.07) is 5.75. The summed E-state index contributed by atoms with van der Waals surface area (Å²) in [6.07, 6.45) is 3.46. The summed E-state index contributed by atoms with van der Waals surface area (Å²) in [5.74, 6) is 0. The van der Waals surface area contributed by atoms with Gasteiger partial charge >= 0.3 is 0 Å². The molecule has 1 saturated heterocycles. The second kappa shape index (κ2) is 4.10. The number of benzene rings is 1. The molecule has 1 N–H and O–H groups in total. The number of nitrogens with one attached hydrogen (secondary N) is 1. The van der Waals surface area contributed by atoms with E-state index in [2.05, 4.69) is 12.2 Å². The van der Waals surface area contributed by atoms with Gasteiger partial charge in [0.05, 0.1) is 4.90 Å². The normalized spacial score (nSPS) is 25.1. The van der Waals surface area contributed by atoms with E-state index in [0.29, 0.717) is 4.90 Å². The van der Waals surface area contributed by atoms with Crippen molar-refractivity contribution in [1.82, 2.24) is 5.32 Å². The lowest BCUT2D eigenvalue weighted by molar-refractivity contribution is 0.433. The molecule has 1 fully saturated rings. The number of hydrogen-bond donors (Lipinski definition) is 1. The maximum absolute atomic E-state index is 11.7. The Hall–Kier alpha value is -0.870. The molecule has 0 aromatic heterocycles. The van der Waals surface area contributed by atoms with Crippen LogP contribution in [0.4, 0.5) is 0 Å². The first-order chi connectivity index (χ1) is 7.83. The van der Waals surface area contributed by atoms with E-state index in [1.165, 1.54) is 6.26 Å². The fourth-order valence-electron chi connectivity index (χ4n) is 2.48. The molecular weight excluding hydrogens is 234 g/mol. The van der Waals surface area contributed by atoms with E-state index in [1.54, 1.807) is 0 Å². The zero-order chi connectivity index (χ0) is 12.7. The highest BCUT2D eigenvalue weighted by atomic mass is 32.2.